The summed E-state index contributed by atoms with van der Waals surface area (Å²) in [4.78, 5) is 7.97. The molecule has 0 saturated heterocycles. The molecule has 0 unspecified atom stereocenters. The van der Waals surface area contributed by atoms with Gasteiger partial charge in [0.1, 0.15) is 0 Å². The third kappa shape index (κ3) is 2.20. The van der Waals surface area contributed by atoms with Crippen LogP contribution >= 0.6 is 0 Å². The molecule has 0 saturated carbocycles. The fourth-order valence-electron chi connectivity index (χ4n) is 1.97. The quantitative estimate of drug-likeness (QED) is 0.740. The summed E-state index contributed by atoms with van der Waals surface area (Å²) in [5.41, 5.74) is 3.27. The van der Waals surface area contributed by atoms with Gasteiger partial charge in [-0.05, 0) is 0 Å². The molecule has 0 aliphatic carbocycles. The molecule has 1 N–H and O–H groups in total. The van der Waals surface area contributed by atoms with Crippen LogP contribution in [0.2, 0.25) is 5.32 Å². The Hall–Kier alpha value is -1.57. The third-order valence-electron chi connectivity index (χ3n) is 2.83. The zero-order valence-electron chi connectivity index (χ0n) is 10.2. The number of aromatic amines is 1. The van der Waals surface area contributed by atoms with E-state index in [-0.39, 0.29) is 0 Å². The van der Waals surface area contributed by atoms with Crippen molar-refractivity contribution in [2.75, 3.05) is 0 Å². The molecule has 0 amide bonds. The minimum atomic E-state index is 0.604. The zero-order valence-corrected chi connectivity index (χ0v) is 11.9. The maximum absolute atomic E-state index is 4.61. The van der Waals surface area contributed by atoms with E-state index in [0.717, 1.165) is 22.4 Å². The average molecular weight is 301 g/mol. The summed E-state index contributed by atoms with van der Waals surface area (Å²) >= 11 is 0.604. The first-order valence-electron chi connectivity index (χ1n) is 6.05. The SMILES string of the molecule is CC[Se]c1ccc(-c2nc3ccccc3[nH]2)cc1. The Morgan fingerprint density at radius 2 is 1.83 bits per heavy atom. The first-order valence-corrected chi connectivity index (χ1v) is 8.11. The normalized spacial score (nSPS) is 10.9. The van der Waals surface area contributed by atoms with Crippen molar-refractivity contribution >= 4 is 30.5 Å². The molecule has 3 heteroatoms. The Morgan fingerprint density at radius 1 is 1.06 bits per heavy atom. The van der Waals surface area contributed by atoms with Crippen molar-refractivity contribution in [3.05, 3.63) is 48.5 Å². The van der Waals surface area contributed by atoms with Gasteiger partial charge in [-0.15, -0.1) is 0 Å². The van der Waals surface area contributed by atoms with Gasteiger partial charge in [-0.1, -0.05) is 0 Å². The predicted molar refractivity (Wildman–Crippen MR) is 77.4 cm³/mol. The first-order chi connectivity index (χ1) is 8.86. The van der Waals surface area contributed by atoms with Crippen LogP contribution in [0.3, 0.4) is 0 Å². The van der Waals surface area contributed by atoms with Crippen molar-refractivity contribution < 1.29 is 0 Å². The summed E-state index contributed by atoms with van der Waals surface area (Å²) in [6.07, 6.45) is 0. The second-order valence-electron chi connectivity index (χ2n) is 4.06. The predicted octanol–water partition coefficient (Wildman–Crippen LogP) is 3.00. The third-order valence-corrected chi connectivity index (χ3v) is 4.70. The van der Waals surface area contributed by atoms with Gasteiger partial charge in [-0.25, -0.2) is 0 Å². The molecule has 90 valence electrons. The minimum absolute atomic E-state index is 0.604. The number of imidazole rings is 1. The number of H-pyrrole nitrogens is 1. The number of fused-ring (bicyclic) bond motifs is 1. The molecule has 0 aliphatic heterocycles. The van der Waals surface area contributed by atoms with Crippen molar-refractivity contribution in [1.82, 2.24) is 9.97 Å². The number of hydrogen-bond acceptors (Lipinski definition) is 1. The molecule has 1 heterocycles. The van der Waals surface area contributed by atoms with Crippen LogP contribution in [0.15, 0.2) is 48.5 Å². The van der Waals surface area contributed by atoms with Gasteiger partial charge in [0, 0.05) is 0 Å². The van der Waals surface area contributed by atoms with E-state index in [4.69, 9.17) is 0 Å². The molecule has 1 aromatic heterocycles. The van der Waals surface area contributed by atoms with E-state index in [2.05, 4.69) is 47.2 Å². The van der Waals surface area contributed by atoms with Gasteiger partial charge >= 0.3 is 113 Å². The van der Waals surface area contributed by atoms with E-state index in [1.807, 2.05) is 18.2 Å². The molecule has 0 fully saturated rings. The van der Waals surface area contributed by atoms with Crippen molar-refractivity contribution in [1.29, 1.82) is 0 Å². The molecule has 0 spiro atoms. The standard InChI is InChI=1S/C15H14N2Se/c1-2-18-12-9-7-11(8-10-12)15-16-13-5-3-4-6-14(13)17-15/h3-10H,2H2,1H3,(H,16,17). The van der Waals surface area contributed by atoms with Gasteiger partial charge in [0.05, 0.1) is 0 Å². The average Bonchev–Trinajstić information content (AvgIpc) is 2.84. The fraction of sp³-hybridized carbons (Fsp3) is 0.133. The van der Waals surface area contributed by atoms with Gasteiger partial charge in [0.25, 0.3) is 0 Å². The molecule has 2 nitrogen and oxygen atoms in total. The second kappa shape index (κ2) is 4.97. The fourth-order valence-corrected chi connectivity index (χ4v) is 3.35. The molecule has 2 aromatic carbocycles. The van der Waals surface area contributed by atoms with Gasteiger partial charge in [0.15, 0.2) is 0 Å². The summed E-state index contributed by atoms with van der Waals surface area (Å²) in [7, 11) is 0. The molecular weight excluding hydrogens is 287 g/mol. The van der Waals surface area contributed by atoms with Gasteiger partial charge < -0.3 is 0 Å². The number of aromatic nitrogens is 2. The summed E-state index contributed by atoms with van der Waals surface area (Å²) in [6.45, 7) is 2.23. The van der Waals surface area contributed by atoms with Crippen LogP contribution in [0, 0.1) is 0 Å². The molecular formula is C15H14N2Se. The summed E-state index contributed by atoms with van der Waals surface area (Å²) < 4.78 is 1.45. The number of nitrogens with zero attached hydrogens (tertiary/aromatic N) is 1. The van der Waals surface area contributed by atoms with Crippen LogP contribution in [0.4, 0.5) is 0 Å². The van der Waals surface area contributed by atoms with Gasteiger partial charge in [-0.3, -0.25) is 0 Å². The molecule has 3 aromatic rings. The Morgan fingerprint density at radius 3 is 2.56 bits per heavy atom. The van der Waals surface area contributed by atoms with Crippen LogP contribution in [0.25, 0.3) is 22.4 Å². The summed E-state index contributed by atoms with van der Waals surface area (Å²) in [6, 6.07) is 16.9. The first kappa shape index (κ1) is 11.5. The van der Waals surface area contributed by atoms with E-state index in [0.29, 0.717) is 15.0 Å². The van der Waals surface area contributed by atoms with E-state index >= 15 is 0 Å². The Kier molecular flexibility index (Phi) is 3.18. The Bertz CT molecular complexity index is 623. The van der Waals surface area contributed by atoms with Gasteiger partial charge in [0.2, 0.25) is 0 Å². The molecule has 18 heavy (non-hydrogen) atoms. The number of para-hydroxylation sites is 2. The number of hydrogen-bond donors (Lipinski definition) is 1. The van der Waals surface area contributed by atoms with Crippen LogP contribution in [0.5, 0.6) is 0 Å². The van der Waals surface area contributed by atoms with Crippen molar-refractivity contribution in [2.45, 2.75) is 12.2 Å². The van der Waals surface area contributed by atoms with E-state index in [9.17, 15) is 0 Å². The molecule has 0 aliphatic rings. The number of nitrogens with one attached hydrogen (secondary N) is 1. The second-order valence-corrected chi connectivity index (χ2v) is 6.87. The van der Waals surface area contributed by atoms with Crippen molar-refractivity contribution in [3.63, 3.8) is 0 Å². The summed E-state index contributed by atoms with van der Waals surface area (Å²) in [5.74, 6) is 0.951. The summed E-state index contributed by atoms with van der Waals surface area (Å²) in [5, 5.41) is 1.25. The van der Waals surface area contributed by atoms with Gasteiger partial charge in [-0.2, -0.15) is 0 Å². The zero-order chi connectivity index (χ0) is 12.4. The molecule has 0 bridgehead atoms. The van der Waals surface area contributed by atoms with Crippen LogP contribution < -0.4 is 4.46 Å². The van der Waals surface area contributed by atoms with Crippen molar-refractivity contribution in [2.24, 2.45) is 0 Å². The topological polar surface area (TPSA) is 28.7 Å². The Labute approximate surface area is 113 Å². The Balaban J connectivity index is 1.98. The van der Waals surface area contributed by atoms with E-state index in [1.54, 1.807) is 0 Å². The van der Waals surface area contributed by atoms with Crippen LogP contribution in [-0.4, -0.2) is 24.9 Å². The van der Waals surface area contributed by atoms with Crippen LogP contribution in [-0.2, 0) is 0 Å². The maximum atomic E-state index is 4.61. The molecule has 0 radical (unpaired) electrons. The monoisotopic (exact) mass is 302 g/mol. The van der Waals surface area contributed by atoms with E-state index < -0.39 is 0 Å². The van der Waals surface area contributed by atoms with Crippen molar-refractivity contribution in [3.8, 4) is 11.4 Å². The number of rotatable bonds is 3. The number of benzene rings is 2. The molecule has 3 rings (SSSR count). The molecule has 0 atom stereocenters. The van der Waals surface area contributed by atoms with Crippen LogP contribution in [0.1, 0.15) is 6.92 Å². The van der Waals surface area contributed by atoms with E-state index in [1.165, 1.54) is 9.78 Å².